The van der Waals surface area contributed by atoms with Gasteiger partial charge in [0.2, 0.25) is 21.8 Å². The van der Waals surface area contributed by atoms with Gasteiger partial charge < -0.3 is 10.6 Å². The van der Waals surface area contributed by atoms with Crippen molar-refractivity contribution < 1.29 is 18.0 Å². The minimum atomic E-state index is -3.73. The molecule has 34 heavy (non-hydrogen) atoms. The lowest BCUT2D eigenvalue weighted by atomic mass is 9.81. The highest BCUT2D eigenvalue weighted by Crippen LogP contribution is 2.72. The van der Waals surface area contributed by atoms with Crippen molar-refractivity contribution in [1.29, 1.82) is 0 Å². The van der Waals surface area contributed by atoms with Crippen molar-refractivity contribution in [1.82, 2.24) is 5.32 Å². The third-order valence-electron chi connectivity index (χ3n) is 7.52. The Morgan fingerprint density at radius 1 is 0.941 bits per heavy atom. The van der Waals surface area contributed by atoms with Gasteiger partial charge in [-0.2, -0.15) is 0 Å². The maximum Gasteiger partial charge on any atom is 0.238 e. The van der Waals surface area contributed by atoms with Gasteiger partial charge in [0.25, 0.3) is 0 Å². The van der Waals surface area contributed by atoms with Crippen LogP contribution in [0.1, 0.15) is 18.4 Å². The number of anilines is 1. The number of hydrogen-bond donors (Lipinski definition) is 3. The minimum Gasteiger partial charge on any atom is -0.355 e. The topological polar surface area (TPSA) is 118 Å². The molecule has 5 rings (SSSR count). The predicted molar refractivity (Wildman–Crippen MR) is 132 cm³/mol. The average molecular weight is 544 g/mol. The highest BCUT2D eigenvalue weighted by atomic mass is 79.9. The van der Waals surface area contributed by atoms with Gasteiger partial charge in [0, 0.05) is 16.7 Å². The quantitative estimate of drug-likeness (QED) is 0.464. The Kier molecular flexibility index (Phi) is 5.90. The number of sulfonamides is 1. The van der Waals surface area contributed by atoms with Crippen molar-refractivity contribution in [3.63, 3.8) is 0 Å². The summed E-state index contributed by atoms with van der Waals surface area (Å²) in [6.07, 6.45) is 6.93. The summed E-state index contributed by atoms with van der Waals surface area (Å²) in [7, 11) is -3.73. The van der Waals surface area contributed by atoms with Crippen LogP contribution in [0.25, 0.3) is 0 Å². The molecule has 2 bridgehead atoms. The van der Waals surface area contributed by atoms with Crippen LogP contribution in [-0.4, -0.2) is 26.8 Å². The lowest BCUT2D eigenvalue weighted by molar-refractivity contribution is -0.132. The lowest BCUT2D eigenvalue weighted by Gasteiger charge is -2.26. The van der Waals surface area contributed by atoms with Gasteiger partial charge in [-0.3, -0.25) is 9.59 Å². The average Bonchev–Trinajstić information content (AvgIpc) is 3.47. The van der Waals surface area contributed by atoms with E-state index >= 15 is 0 Å². The fourth-order valence-corrected chi connectivity index (χ4v) is 6.54. The largest absolute Gasteiger partial charge is 0.355 e. The zero-order valence-corrected chi connectivity index (χ0v) is 20.8. The molecule has 2 amide bonds. The molecular weight excluding hydrogens is 518 g/mol. The molecule has 4 N–H and O–H groups in total. The molecule has 0 saturated heterocycles. The van der Waals surface area contributed by atoms with Gasteiger partial charge in [-0.15, -0.1) is 0 Å². The summed E-state index contributed by atoms with van der Waals surface area (Å²) in [5.74, 6) is -0.806. The van der Waals surface area contributed by atoms with Crippen molar-refractivity contribution in [3.8, 4) is 0 Å². The monoisotopic (exact) mass is 543 g/mol. The van der Waals surface area contributed by atoms with E-state index in [2.05, 4.69) is 38.7 Å². The van der Waals surface area contributed by atoms with Crippen molar-refractivity contribution in [2.45, 2.75) is 24.2 Å². The van der Waals surface area contributed by atoms with E-state index in [-0.39, 0.29) is 34.0 Å². The number of allylic oxidation sites excluding steroid dienone is 2. The van der Waals surface area contributed by atoms with Crippen LogP contribution in [0.3, 0.4) is 0 Å². The summed E-state index contributed by atoms with van der Waals surface area (Å²) in [5, 5.41) is 11.2. The van der Waals surface area contributed by atoms with Crippen LogP contribution in [-0.2, 0) is 26.0 Å². The Bertz CT molecular complexity index is 1250. The summed E-state index contributed by atoms with van der Waals surface area (Å²) in [6.45, 7) is 0.402. The molecule has 2 aromatic carbocycles. The summed E-state index contributed by atoms with van der Waals surface area (Å²) >= 11 is 3.40. The zero-order valence-electron chi connectivity index (χ0n) is 18.4. The fraction of sp³-hybridized carbons (Fsp3) is 0.360. The van der Waals surface area contributed by atoms with Crippen LogP contribution in [0.4, 0.5) is 5.69 Å². The first kappa shape index (κ1) is 23.3. The van der Waals surface area contributed by atoms with Gasteiger partial charge in [-0.1, -0.05) is 40.2 Å². The first-order chi connectivity index (χ1) is 16.2. The molecule has 4 atom stereocenters. The molecule has 2 aromatic rings. The molecule has 0 radical (unpaired) electrons. The summed E-state index contributed by atoms with van der Waals surface area (Å²) in [4.78, 5) is 26.7. The minimum absolute atomic E-state index is 0.0587. The number of benzene rings is 2. The molecular formula is C25H26BrN3O4S. The second-order valence-corrected chi connectivity index (χ2v) is 11.9. The maximum absolute atomic E-state index is 13.3. The molecule has 0 heterocycles. The van der Waals surface area contributed by atoms with Crippen LogP contribution in [0.5, 0.6) is 0 Å². The van der Waals surface area contributed by atoms with Crippen molar-refractivity contribution in [2.24, 2.45) is 34.2 Å². The van der Waals surface area contributed by atoms with E-state index in [9.17, 15) is 18.0 Å². The Balaban J connectivity index is 1.26. The molecule has 0 aliphatic heterocycles. The van der Waals surface area contributed by atoms with E-state index in [1.54, 1.807) is 12.1 Å². The smallest absolute Gasteiger partial charge is 0.238 e. The van der Waals surface area contributed by atoms with Crippen LogP contribution >= 0.6 is 15.9 Å². The van der Waals surface area contributed by atoms with Gasteiger partial charge >= 0.3 is 0 Å². The number of rotatable bonds is 7. The predicted octanol–water partition coefficient (Wildman–Crippen LogP) is 3.22. The van der Waals surface area contributed by atoms with E-state index in [0.717, 1.165) is 22.9 Å². The van der Waals surface area contributed by atoms with Crippen molar-refractivity contribution in [3.05, 3.63) is 70.7 Å². The molecule has 2 fully saturated rings. The Hall–Kier alpha value is -2.49. The molecule has 0 unspecified atom stereocenters. The Morgan fingerprint density at radius 2 is 1.53 bits per heavy atom. The van der Waals surface area contributed by atoms with Crippen LogP contribution in [0.15, 0.2) is 70.1 Å². The van der Waals surface area contributed by atoms with E-state index in [0.29, 0.717) is 18.7 Å². The highest BCUT2D eigenvalue weighted by molar-refractivity contribution is 9.10. The molecule has 3 aliphatic rings. The van der Waals surface area contributed by atoms with Gasteiger partial charge in [-0.25, -0.2) is 13.6 Å². The second-order valence-electron chi connectivity index (χ2n) is 9.45. The molecule has 7 nitrogen and oxygen atoms in total. The van der Waals surface area contributed by atoms with Crippen LogP contribution in [0.2, 0.25) is 0 Å². The molecule has 9 heteroatoms. The SMILES string of the molecule is NS(=O)(=O)c1ccc(CCNC(=O)[C@H]2[C@H](C(=O)Nc3ccc(Br)cc3)[C@@H]3C=C[C@H]2C32CC2)cc1. The number of hydrogen-bond acceptors (Lipinski definition) is 4. The lowest BCUT2D eigenvalue weighted by Crippen LogP contribution is -2.42. The number of primary sulfonamides is 1. The van der Waals surface area contributed by atoms with Gasteiger partial charge in [0.05, 0.1) is 16.7 Å². The fourth-order valence-electron chi connectivity index (χ4n) is 5.76. The number of amides is 2. The molecule has 0 aromatic heterocycles. The summed E-state index contributed by atoms with van der Waals surface area (Å²) in [5.41, 5.74) is 1.67. The number of nitrogens with one attached hydrogen (secondary N) is 2. The van der Waals surface area contributed by atoms with E-state index in [1.165, 1.54) is 12.1 Å². The van der Waals surface area contributed by atoms with Gasteiger partial charge in [0.15, 0.2) is 0 Å². The normalized spacial score (nSPS) is 25.9. The van der Waals surface area contributed by atoms with Crippen LogP contribution in [0, 0.1) is 29.1 Å². The summed E-state index contributed by atoms with van der Waals surface area (Å²) in [6, 6.07) is 13.7. The molecule has 2 saturated carbocycles. The van der Waals surface area contributed by atoms with E-state index in [1.807, 2.05) is 24.3 Å². The first-order valence-corrected chi connectivity index (χ1v) is 13.7. The molecule has 3 aliphatic carbocycles. The first-order valence-electron chi connectivity index (χ1n) is 11.3. The molecule has 178 valence electrons. The van der Waals surface area contributed by atoms with Crippen LogP contribution < -0.4 is 15.8 Å². The van der Waals surface area contributed by atoms with Crippen molar-refractivity contribution >= 4 is 43.5 Å². The van der Waals surface area contributed by atoms with Gasteiger partial charge in [0.1, 0.15) is 0 Å². The Morgan fingerprint density at radius 3 is 2.09 bits per heavy atom. The van der Waals surface area contributed by atoms with Gasteiger partial charge in [-0.05, 0) is 78.5 Å². The maximum atomic E-state index is 13.3. The summed E-state index contributed by atoms with van der Waals surface area (Å²) < 4.78 is 23.8. The van der Waals surface area contributed by atoms with E-state index < -0.39 is 21.9 Å². The third kappa shape index (κ3) is 4.21. The number of carbonyl (C=O) groups excluding carboxylic acids is 2. The third-order valence-corrected chi connectivity index (χ3v) is 8.98. The highest BCUT2D eigenvalue weighted by Gasteiger charge is 2.69. The molecule has 1 spiro atoms. The van der Waals surface area contributed by atoms with E-state index in [4.69, 9.17) is 5.14 Å². The standard InChI is InChI=1S/C25H26BrN3O4S/c26-16-3-5-17(6-4-16)29-24(31)22-20-10-9-19(25(20)12-13-25)21(22)23(30)28-14-11-15-1-7-18(8-2-15)34(27,32)33/h1-10,19-22H,11-14H2,(H,28,30)(H,29,31)(H2,27,32,33)/t19-,20+,21-,22-/m1/s1. The van der Waals surface area contributed by atoms with Crippen molar-refractivity contribution in [2.75, 3.05) is 11.9 Å². The zero-order chi connectivity index (χ0) is 24.1. The Labute approximate surface area is 207 Å². The second kappa shape index (κ2) is 8.62. The number of halogens is 1. The number of nitrogens with two attached hydrogens (primary N) is 1. The number of carbonyl (C=O) groups is 2.